The number of esters is 2. The highest BCUT2D eigenvalue weighted by molar-refractivity contribution is 6.08. The number of ether oxygens (including phenoxy) is 3. The zero-order chi connectivity index (χ0) is 19.2. The van der Waals surface area contributed by atoms with E-state index in [1.807, 2.05) is 0 Å². The summed E-state index contributed by atoms with van der Waals surface area (Å²) in [6.45, 7) is 4.20. The molecular weight excluding hydrogens is 342 g/mol. The van der Waals surface area contributed by atoms with Crippen molar-refractivity contribution in [3.63, 3.8) is 0 Å². The van der Waals surface area contributed by atoms with Crippen LogP contribution >= 0.6 is 0 Å². The Labute approximate surface area is 147 Å². The molecule has 8 heteroatoms. The number of carbonyl (C=O) groups excluding carboxylic acids is 2. The van der Waals surface area contributed by atoms with Crippen molar-refractivity contribution >= 4 is 33.9 Å². The number of furan rings is 1. The summed E-state index contributed by atoms with van der Waals surface area (Å²) in [5.41, 5.74) is 1.01. The van der Waals surface area contributed by atoms with Gasteiger partial charge >= 0.3 is 11.9 Å². The van der Waals surface area contributed by atoms with Crippen molar-refractivity contribution in [2.45, 2.75) is 20.8 Å². The lowest BCUT2D eigenvalue weighted by Crippen LogP contribution is -2.18. The maximum absolute atomic E-state index is 12.7. The van der Waals surface area contributed by atoms with Crippen LogP contribution in [0.4, 0.5) is 0 Å². The van der Waals surface area contributed by atoms with Crippen LogP contribution in [0.5, 0.6) is 17.2 Å². The zero-order valence-corrected chi connectivity index (χ0v) is 15.0. The molecule has 1 aromatic carbocycles. The van der Waals surface area contributed by atoms with Gasteiger partial charge in [-0.25, -0.2) is 0 Å². The molecule has 0 saturated carbocycles. The largest absolute Gasteiger partial charge is 0.490 e. The summed E-state index contributed by atoms with van der Waals surface area (Å²) >= 11 is 0. The first-order chi connectivity index (χ1) is 12.2. The van der Waals surface area contributed by atoms with Crippen LogP contribution < -0.4 is 19.8 Å². The van der Waals surface area contributed by atoms with Crippen LogP contribution in [0.2, 0.25) is 0 Å². The topological polar surface area (TPSA) is 97.0 Å². The number of fused-ring (bicyclic) bond motifs is 3. The van der Waals surface area contributed by atoms with Gasteiger partial charge in [0.25, 0.3) is 5.56 Å². The van der Waals surface area contributed by atoms with Crippen LogP contribution in [0.3, 0.4) is 0 Å². The van der Waals surface area contributed by atoms with Gasteiger partial charge in [0.15, 0.2) is 11.3 Å². The van der Waals surface area contributed by atoms with Gasteiger partial charge in [0.2, 0.25) is 11.5 Å². The van der Waals surface area contributed by atoms with E-state index < -0.39 is 11.9 Å². The van der Waals surface area contributed by atoms with Crippen LogP contribution in [0, 0.1) is 6.92 Å². The Morgan fingerprint density at radius 2 is 1.73 bits per heavy atom. The number of aryl methyl sites for hydroxylation is 1. The SMILES string of the molecule is COc1c(OC(C)=O)c(OC(C)=O)cc2c1oc1cc(C)n(C)c(=O)c12. The van der Waals surface area contributed by atoms with E-state index in [0.29, 0.717) is 22.0 Å². The first-order valence-electron chi connectivity index (χ1n) is 7.75. The normalized spacial score (nSPS) is 11.0. The number of pyridine rings is 1. The summed E-state index contributed by atoms with van der Waals surface area (Å²) in [6, 6.07) is 3.15. The Morgan fingerprint density at radius 3 is 2.31 bits per heavy atom. The third-order valence-electron chi connectivity index (χ3n) is 3.98. The fraction of sp³-hybridized carbons (Fsp3) is 0.278. The molecule has 0 bridgehead atoms. The molecule has 0 fully saturated rings. The molecule has 3 aromatic rings. The molecular formula is C18H17NO7. The molecule has 0 spiro atoms. The first-order valence-corrected chi connectivity index (χ1v) is 7.75. The number of hydrogen-bond donors (Lipinski definition) is 0. The monoisotopic (exact) mass is 359 g/mol. The maximum Gasteiger partial charge on any atom is 0.308 e. The van der Waals surface area contributed by atoms with E-state index in [2.05, 4.69) is 0 Å². The molecule has 0 aliphatic carbocycles. The quantitative estimate of drug-likeness (QED) is 0.523. The Bertz CT molecular complexity index is 1120. The lowest BCUT2D eigenvalue weighted by atomic mass is 10.1. The van der Waals surface area contributed by atoms with Gasteiger partial charge in [0.1, 0.15) is 5.58 Å². The lowest BCUT2D eigenvalue weighted by Gasteiger charge is -2.12. The van der Waals surface area contributed by atoms with Gasteiger partial charge in [-0.05, 0) is 13.0 Å². The predicted molar refractivity (Wildman–Crippen MR) is 92.9 cm³/mol. The molecule has 3 rings (SSSR count). The van der Waals surface area contributed by atoms with E-state index in [1.54, 1.807) is 20.0 Å². The second kappa shape index (κ2) is 6.21. The van der Waals surface area contributed by atoms with Gasteiger partial charge in [0, 0.05) is 38.0 Å². The minimum absolute atomic E-state index is 0.0395. The van der Waals surface area contributed by atoms with E-state index in [9.17, 15) is 14.4 Å². The molecule has 0 aliphatic heterocycles. The molecule has 0 radical (unpaired) electrons. The Balaban J connectivity index is 2.50. The van der Waals surface area contributed by atoms with Crippen LogP contribution in [0.25, 0.3) is 21.9 Å². The van der Waals surface area contributed by atoms with E-state index in [0.717, 1.165) is 0 Å². The van der Waals surface area contributed by atoms with Crippen molar-refractivity contribution in [2.24, 2.45) is 7.05 Å². The molecule has 8 nitrogen and oxygen atoms in total. The zero-order valence-electron chi connectivity index (χ0n) is 15.0. The first kappa shape index (κ1) is 17.5. The van der Waals surface area contributed by atoms with Gasteiger partial charge < -0.3 is 23.2 Å². The van der Waals surface area contributed by atoms with Gasteiger partial charge in [-0.15, -0.1) is 0 Å². The van der Waals surface area contributed by atoms with Gasteiger partial charge in [-0.2, -0.15) is 0 Å². The highest BCUT2D eigenvalue weighted by atomic mass is 16.6. The van der Waals surface area contributed by atoms with Crippen molar-refractivity contribution < 1.29 is 28.2 Å². The number of hydrogen-bond acceptors (Lipinski definition) is 7. The van der Waals surface area contributed by atoms with Crippen molar-refractivity contribution in [1.29, 1.82) is 0 Å². The van der Waals surface area contributed by atoms with Crippen molar-refractivity contribution in [1.82, 2.24) is 4.57 Å². The molecule has 0 N–H and O–H groups in total. The van der Waals surface area contributed by atoms with E-state index >= 15 is 0 Å². The summed E-state index contributed by atoms with van der Waals surface area (Å²) in [6.07, 6.45) is 0. The Kier molecular flexibility index (Phi) is 4.19. The molecule has 136 valence electrons. The number of aromatic nitrogens is 1. The van der Waals surface area contributed by atoms with Crippen molar-refractivity contribution in [2.75, 3.05) is 7.11 Å². The van der Waals surface area contributed by atoms with Crippen LogP contribution in [-0.4, -0.2) is 23.6 Å². The summed E-state index contributed by atoms with van der Waals surface area (Å²) in [4.78, 5) is 35.6. The second-order valence-corrected chi connectivity index (χ2v) is 5.79. The molecule has 0 saturated heterocycles. The number of rotatable bonds is 3. The number of nitrogens with zero attached hydrogens (tertiary/aromatic N) is 1. The average Bonchev–Trinajstić information content (AvgIpc) is 2.90. The molecule has 0 amide bonds. The fourth-order valence-corrected chi connectivity index (χ4v) is 2.77. The van der Waals surface area contributed by atoms with Crippen LogP contribution in [0.1, 0.15) is 19.5 Å². The maximum atomic E-state index is 12.7. The summed E-state index contributed by atoms with van der Waals surface area (Å²) in [5, 5.41) is 0.707. The molecule has 2 heterocycles. The molecule has 0 unspecified atom stereocenters. The highest BCUT2D eigenvalue weighted by Gasteiger charge is 2.25. The third kappa shape index (κ3) is 2.69. The van der Waals surface area contributed by atoms with Gasteiger partial charge in [0.05, 0.1) is 12.5 Å². The summed E-state index contributed by atoms with van der Waals surface area (Å²) in [7, 11) is 3.00. The van der Waals surface area contributed by atoms with E-state index in [-0.39, 0.29) is 28.4 Å². The molecule has 2 aromatic heterocycles. The average molecular weight is 359 g/mol. The summed E-state index contributed by atoms with van der Waals surface area (Å²) in [5.74, 6) is -1.31. The van der Waals surface area contributed by atoms with E-state index in [1.165, 1.54) is 31.6 Å². The van der Waals surface area contributed by atoms with E-state index in [4.69, 9.17) is 18.6 Å². The second-order valence-electron chi connectivity index (χ2n) is 5.79. The van der Waals surface area contributed by atoms with Crippen molar-refractivity contribution in [3.8, 4) is 17.2 Å². The van der Waals surface area contributed by atoms with Crippen molar-refractivity contribution in [3.05, 3.63) is 28.2 Å². The van der Waals surface area contributed by atoms with Crippen LogP contribution in [-0.2, 0) is 16.6 Å². The molecule has 0 aliphatic rings. The predicted octanol–water partition coefficient (Wildman–Crippen LogP) is 2.45. The van der Waals surface area contributed by atoms with Gasteiger partial charge in [-0.1, -0.05) is 0 Å². The lowest BCUT2D eigenvalue weighted by molar-refractivity contribution is -0.134. The smallest absolute Gasteiger partial charge is 0.308 e. The third-order valence-corrected chi connectivity index (χ3v) is 3.98. The summed E-state index contributed by atoms with van der Waals surface area (Å²) < 4.78 is 23.0. The van der Waals surface area contributed by atoms with Crippen LogP contribution in [0.15, 0.2) is 21.3 Å². The number of carbonyl (C=O) groups is 2. The molecule has 26 heavy (non-hydrogen) atoms. The standard InChI is InChI=1S/C18H17NO7/c1-8-6-12-14(18(22)19(8)4)11-7-13(24-9(2)20)16(25-10(3)21)17(23-5)15(11)26-12/h6-7H,1-5H3. The fourth-order valence-electron chi connectivity index (χ4n) is 2.77. The number of benzene rings is 1. The highest BCUT2D eigenvalue weighted by Crippen LogP contribution is 2.46. The Morgan fingerprint density at radius 1 is 1.08 bits per heavy atom. The minimum atomic E-state index is -0.626. The van der Waals surface area contributed by atoms with Gasteiger partial charge in [-0.3, -0.25) is 14.4 Å². The molecule has 0 atom stereocenters. The number of methoxy groups -OCH3 is 1. The minimum Gasteiger partial charge on any atom is -0.490 e. The Hall–Kier alpha value is -3.29.